The second-order valence-electron chi connectivity index (χ2n) is 9.76. The van der Waals surface area contributed by atoms with Crippen LogP contribution in [0.15, 0.2) is 61.4 Å². The van der Waals surface area contributed by atoms with Crippen molar-refractivity contribution in [2.45, 2.75) is 26.3 Å². The number of benzene rings is 2. The number of nitrogens with two attached hydrogens (primary N) is 1. The van der Waals surface area contributed by atoms with E-state index in [9.17, 15) is 4.79 Å². The molecule has 0 spiro atoms. The van der Waals surface area contributed by atoms with Crippen LogP contribution in [0, 0.1) is 6.92 Å². The Hall–Kier alpha value is -4.84. The van der Waals surface area contributed by atoms with Gasteiger partial charge in [0.25, 0.3) is 0 Å². The monoisotopic (exact) mass is 512 g/mol. The first kappa shape index (κ1) is 24.8. The molecule has 3 heterocycles. The SMILES string of the molecule is Cc1cc(Nc2ncnc3ccc(NC(=O)N(C)CC(C)(C)N)cc23)ccc1Oc1cc2nncn2cn1. The van der Waals surface area contributed by atoms with Gasteiger partial charge >= 0.3 is 6.03 Å². The van der Waals surface area contributed by atoms with E-state index in [4.69, 9.17) is 10.5 Å². The van der Waals surface area contributed by atoms with Crippen LogP contribution in [-0.4, -0.2) is 59.6 Å². The molecule has 0 aliphatic rings. The minimum atomic E-state index is -0.499. The van der Waals surface area contributed by atoms with Crippen molar-refractivity contribution < 1.29 is 9.53 Å². The molecule has 38 heavy (non-hydrogen) atoms. The van der Waals surface area contributed by atoms with Gasteiger partial charge in [0.15, 0.2) is 5.65 Å². The Bertz CT molecular complexity index is 1630. The molecule has 12 nitrogen and oxygen atoms in total. The largest absolute Gasteiger partial charge is 0.439 e. The van der Waals surface area contributed by atoms with Gasteiger partial charge in [-0.1, -0.05) is 0 Å². The number of hydrogen-bond acceptors (Lipinski definition) is 9. The molecule has 2 amide bonds. The van der Waals surface area contributed by atoms with Crippen LogP contribution in [0.4, 0.5) is 22.0 Å². The van der Waals surface area contributed by atoms with Gasteiger partial charge in [0, 0.05) is 42.0 Å². The fourth-order valence-corrected chi connectivity index (χ4v) is 3.99. The van der Waals surface area contributed by atoms with Gasteiger partial charge in [0.1, 0.15) is 30.5 Å². The van der Waals surface area contributed by atoms with E-state index in [0.717, 1.165) is 22.2 Å². The average molecular weight is 513 g/mol. The molecule has 0 radical (unpaired) electrons. The summed E-state index contributed by atoms with van der Waals surface area (Å²) >= 11 is 0. The summed E-state index contributed by atoms with van der Waals surface area (Å²) in [6.07, 6.45) is 4.67. The van der Waals surface area contributed by atoms with Gasteiger partial charge in [-0.2, -0.15) is 0 Å². The number of hydrogen-bond donors (Lipinski definition) is 3. The zero-order valence-corrected chi connectivity index (χ0v) is 21.5. The van der Waals surface area contributed by atoms with E-state index in [1.165, 1.54) is 6.33 Å². The second kappa shape index (κ2) is 9.90. The highest BCUT2D eigenvalue weighted by Gasteiger charge is 2.18. The van der Waals surface area contributed by atoms with Crippen LogP contribution < -0.4 is 21.1 Å². The van der Waals surface area contributed by atoms with Gasteiger partial charge < -0.3 is 26.0 Å². The number of ether oxygens (including phenoxy) is 1. The maximum atomic E-state index is 12.6. The number of nitrogens with zero attached hydrogens (tertiary/aromatic N) is 7. The predicted octanol–water partition coefficient (Wildman–Crippen LogP) is 4.11. The molecule has 0 saturated carbocycles. The van der Waals surface area contributed by atoms with Crippen LogP contribution in [0.25, 0.3) is 16.6 Å². The number of carbonyl (C=O) groups is 1. The second-order valence-corrected chi connectivity index (χ2v) is 9.76. The molecule has 0 aliphatic carbocycles. The Labute approximate surface area is 218 Å². The summed E-state index contributed by atoms with van der Waals surface area (Å²) in [4.78, 5) is 27.3. The zero-order chi connectivity index (χ0) is 26.9. The third-order valence-corrected chi connectivity index (χ3v) is 5.69. The van der Waals surface area contributed by atoms with Gasteiger partial charge in [-0.15, -0.1) is 10.2 Å². The van der Waals surface area contributed by atoms with Crippen molar-refractivity contribution in [3.8, 4) is 11.6 Å². The number of aromatic nitrogens is 6. The number of carbonyl (C=O) groups excluding carboxylic acids is 1. The van der Waals surface area contributed by atoms with Crippen molar-refractivity contribution in [3.63, 3.8) is 0 Å². The number of rotatable bonds is 7. The summed E-state index contributed by atoms with van der Waals surface area (Å²) in [6.45, 7) is 6.10. The van der Waals surface area contributed by atoms with Gasteiger partial charge in [0.2, 0.25) is 5.88 Å². The summed E-state index contributed by atoms with van der Waals surface area (Å²) < 4.78 is 7.67. The van der Waals surface area contributed by atoms with Gasteiger partial charge in [-0.05, 0) is 62.7 Å². The lowest BCUT2D eigenvalue weighted by atomic mass is 10.1. The van der Waals surface area contributed by atoms with Crippen molar-refractivity contribution in [2.24, 2.45) is 5.73 Å². The zero-order valence-electron chi connectivity index (χ0n) is 21.5. The molecule has 0 atom stereocenters. The highest BCUT2D eigenvalue weighted by molar-refractivity contribution is 5.96. The number of likely N-dealkylation sites (N-methyl/N-ethyl adjacent to an activating group) is 1. The molecular formula is C26H28N10O2. The maximum Gasteiger partial charge on any atom is 0.321 e. The molecule has 5 rings (SSSR count). The maximum absolute atomic E-state index is 12.6. The summed E-state index contributed by atoms with van der Waals surface area (Å²) in [5.74, 6) is 1.69. The molecule has 12 heteroatoms. The van der Waals surface area contributed by atoms with E-state index in [-0.39, 0.29) is 6.03 Å². The number of nitrogens with one attached hydrogen (secondary N) is 2. The minimum Gasteiger partial charge on any atom is -0.439 e. The number of fused-ring (bicyclic) bond motifs is 2. The number of aryl methyl sites for hydroxylation is 1. The molecule has 4 N–H and O–H groups in total. The quantitative estimate of drug-likeness (QED) is 0.293. The highest BCUT2D eigenvalue weighted by atomic mass is 16.5. The normalized spacial score (nSPS) is 11.5. The summed E-state index contributed by atoms with van der Waals surface area (Å²) in [7, 11) is 1.71. The average Bonchev–Trinajstić information content (AvgIpc) is 3.33. The fraction of sp³-hybridized carbons (Fsp3) is 0.231. The van der Waals surface area contributed by atoms with E-state index < -0.39 is 5.54 Å². The van der Waals surface area contributed by atoms with Crippen LogP contribution in [-0.2, 0) is 0 Å². The molecule has 0 aliphatic heterocycles. The van der Waals surface area contributed by atoms with Gasteiger partial charge in [-0.3, -0.25) is 4.40 Å². The van der Waals surface area contributed by atoms with E-state index in [0.29, 0.717) is 35.3 Å². The van der Waals surface area contributed by atoms with Crippen molar-refractivity contribution in [1.29, 1.82) is 0 Å². The Kier molecular flexibility index (Phi) is 6.47. The lowest BCUT2D eigenvalue weighted by Gasteiger charge is -2.26. The summed E-state index contributed by atoms with van der Waals surface area (Å²) in [5.41, 5.74) is 9.27. The Morgan fingerprint density at radius 1 is 1.08 bits per heavy atom. The van der Waals surface area contributed by atoms with Crippen molar-refractivity contribution in [3.05, 3.63) is 67.0 Å². The lowest BCUT2D eigenvalue weighted by molar-refractivity contribution is 0.212. The third kappa shape index (κ3) is 5.60. The number of amides is 2. The Balaban J connectivity index is 1.34. The molecule has 2 aromatic carbocycles. The van der Waals surface area contributed by atoms with E-state index in [1.807, 2.05) is 51.1 Å². The van der Waals surface area contributed by atoms with E-state index >= 15 is 0 Å². The highest BCUT2D eigenvalue weighted by Crippen LogP contribution is 2.30. The van der Waals surface area contributed by atoms with Crippen LogP contribution in [0.5, 0.6) is 11.6 Å². The van der Waals surface area contributed by atoms with Crippen LogP contribution in [0.1, 0.15) is 19.4 Å². The van der Waals surface area contributed by atoms with Crippen LogP contribution in [0.3, 0.4) is 0 Å². The Morgan fingerprint density at radius 2 is 1.89 bits per heavy atom. The number of anilines is 3. The molecule has 5 aromatic rings. The minimum absolute atomic E-state index is 0.252. The fourth-order valence-electron chi connectivity index (χ4n) is 3.99. The molecule has 0 bridgehead atoms. The third-order valence-electron chi connectivity index (χ3n) is 5.69. The molecule has 3 aromatic heterocycles. The first-order chi connectivity index (χ1) is 18.1. The van der Waals surface area contributed by atoms with Crippen molar-refractivity contribution in [1.82, 2.24) is 34.4 Å². The van der Waals surface area contributed by atoms with Gasteiger partial charge in [-0.25, -0.2) is 19.7 Å². The van der Waals surface area contributed by atoms with Crippen LogP contribution in [0.2, 0.25) is 0 Å². The van der Waals surface area contributed by atoms with E-state index in [2.05, 4.69) is 35.8 Å². The topological polar surface area (TPSA) is 148 Å². The molecule has 0 fully saturated rings. The molecule has 194 valence electrons. The smallest absolute Gasteiger partial charge is 0.321 e. The number of urea groups is 1. The van der Waals surface area contributed by atoms with Crippen LogP contribution >= 0.6 is 0 Å². The first-order valence-electron chi connectivity index (χ1n) is 11.9. The summed E-state index contributed by atoms with van der Waals surface area (Å²) in [5, 5.41) is 14.9. The predicted molar refractivity (Wildman–Crippen MR) is 145 cm³/mol. The van der Waals surface area contributed by atoms with Crippen molar-refractivity contribution in [2.75, 3.05) is 24.2 Å². The molecular weight excluding hydrogens is 484 g/mol. The Morgan fingerprint density at radius 3 is 2.68 bits per heavy atom. The van der Waals surface area contributed by atoms with Gasteiger partial charge in [0.05, 0.1) is 5.52 Å². The first-order valence-corrected chi connectivity index (χ1v) is 11.9. The standard InChI is InChI=1S/C26H28N10O2/c1-16-9-17(6-8-21(16)38-23-11-22-34-31-15-36(22)14-30-23)32-24-19-10-18(5-7-20(19)28-13-29-24)33-25(37)35(4)12-26(2,3)27/h5-11,13-15H,12,27H2,1-4H3,(H,33,37)(H,28,29,32). The lowest BCUT2D eigenvalue weighted by Crippen LogP contribution is -2.47. The molecule has 0 unspecified atom stereocenters. The van der Waals surface area contributed by atoms with E-state index in [1.54, 1.807) is 41.1 Å². The summed E-state index contributed by atoms with van der Waals surface area (Å²) in [6, 6.07) is 12.7. The van der Waals surface area contributed by atoms with Crippen molar-refractivity contribution >= 4 is 39.8 Å². The molecule has 0 saturated heterocycles.